The lowest BCUT2D eigenvalue weighted by Crippen LogP contribution is -1.94. The first-order valence-electron chi connectivity index (χ1n) is 34.7. The van der Waals surface area contributed by atoms with Gasteiger partial charge in [0.15, 0.2) is 5.58 Å². The largest absolute Gasteiger partial charge is 0.454 e. The molecule has 13 nitrogen and oxygen atoms in total. The van der Waals surface area contributed by atoms with E-state index in [2.05, 4.69) is 345 Å². The summed E-state index contributed by atoms with van der Waals surface area (Å²) >= 11 is 0. The number of benzene rings is 8. The highest BCUT2D eigenvalue weighted by molar-refractivity contribution is 6.14. The minimum Gasteiger partial charge on any atom is -0.454 e. The quantitative estimate of drug-likeness (QED) is 0.173. The summed E-state index contributed by atoms with van der Waals surface area (Å²) < 4.78 is 34.5. The average molecular weight is 1330 g/mol. The molecule has 0 atom stereocenters. The molecule has 0 aliphatic rings. The SMILES string of the molecule is Cc1c(-c2ccccc2)c2c3ccccc3oc2n1C.Cc1c(C)n(C)c2c3ccccc3n(C)c12.Cc1c(C)n2c3ccccc3cc2n1C.Cc1c(C)n2c3ccccc3nc2n1C.Cc1c(C)n2cc3ccccc3c2n1C.Cc1c2oc3ccccc3c2c(-c2ccccc2)n1C. The maximum absolute atomic E-state index is 6.05. The van der Waals surface area contributed by atoms with E-state index in [0.29, 0.717) is 0 Å². The van der Waals surface area contributed by atoms with Crippen LogP contribution in [0.3, 0.4) is 0 Å². The molecule has 13 heteroatoms. The Morgan fingerprint density at radius 2 is 0.861 bits per heavy atom. The standard InChI is InChI=1S/2C18H15NO.C14H16N2.2C13H14N2.C12H13N3/c1-12-18-16(14-10-6-7-11-15(14)20-18)17(19(12)2)13-8-4-3-5-9-13;1-12-16(13-8-4-3-5-9-13)17-14-10-6-7-11-15(14)20-18(17)19(12)2;1-9-10(2)15(3)14-11-7-5-6-8-12(11)16(4)13(9)14;1-9-10(2)15-8-11-6-4-5-7-12(11)13(15)14(9)3;1-9-10(2)15-12-7-5-4-6-11(12)8-13(15)14(9)3;1-8-9(2)15-11-7-5-4-6-10(11)13-12(15)14(8)3/h2*3-11H,1-2H3;5-8H,1-4H3;2*4-8H,1-3H3;4-7H,1-3H3. The normalized spacial score (nSPS) is 11.6. The van der Waals surface area contributed by atoms with Crippen LogP contribution in [-0.4, -0.2) is 50.2 Å². The van der Waals surface area contributed by atoms with Crippen LogP contribution in [0, 0.1) is 69.2 Å². The zero-order chi connectivity index (χ0) is 70.6. The molecule has 20 aromatic rings. The number of imidazole rings is 4. The van der Waals surface area contributed by atoms with Gasteiger partial charge in [-0.05, 0) is 128 Å². The summed E-state index contributed by atoms with van der Waals surface area (Å²) in [5.74, 6) is 1.02. The Kier molecular flexibility index (Phi) is 16.4. The van der Waals surface area contributed by atoms with Crippen LogP contribution in [0.15, 0.2) is 227 Å². The van der Waals surface area contributed by atoms with Crippen molar-refractivity contribution in [3.63, 3.8) is 0 Å². The zero-order valence-corrected chi connectivity index (χ0v) is 61.0. The number of hydrogen-bond donors (Lipinski definition) is 0. The van der Waals surface area contributed by atoms with E-state index in [4.69, 9.17) is 8.83 Å². The molecule has 0 bridgehead atoms. The number of rotatable bonds is 2. The third kappa shape index (κ3) is 10.5. The van der Waals surface area contributed by atoms with E-state index in [9.17, 15) is 0 Å². The minimum atomic E-state index is 0.947. The predicted octanol–water partition coefficient (Wildman–Crippen LogP) is 21.6. The van der Waals surface area contributed by atoms with Crippen LogP contribution < -0.4 is 0 Å². The Labute approximate surface area is 587 Å². The number of furan rings is 2. The molecule has 12 heterocycles. The summed E-state index contributed by atoms with van der Waals surface area (Å²) in [7, 11) is 14.8. The molecule has 506 valence electrons. The van der Waals surface area contributed by atoms with Crippen molar-refractivity contribution in [3.05, 3.63) is 275 Å². The number of para-hydroxylation sites is 6. The number of aromatic nitrogens is 11. The topological polar surface area (TPSA) is 86.9 Å². The summed E-state index contributed by atoms with van der Waals surface area (Å²) in [6.45, 7) is 21.6. The third-order valence-corrected chi connectivity index (χ3v) is 21.9. The van der Waals surface area contributed by atoms with E-state index in [-0.39, 0.29) is 0 Å². The molecule has 0 aliphatic carbocycles. The van der Waals surface area contributed by atoms with Crippen LogP contribution >= 0.6 is 0 Å². The number of hydrogen-bond acceptors (Lipinski definition) is 3. The molecule has 0 saturated carbocycles. The molecular formula is C88H87N11O2. The van der Waals surface area contributed by atoms with Gasteiger partial charge in [-0.3, -0.25) is 8.80 Å². The monoisotopic (exact) mass is 1330 g/mol. The first kappa shape index (κ1) is 65.1. The highest BCUT2D eigenvalue weighted by Gasteiger charge is 2.23. The van der Waals surface area contributed by atoms with Crippen molar-refractivity contribution in [2.24, 2.45) is 49.3 Å². The van der Waals surface area contributed by atoms with E-state index in [0.717, 1.165) is 39.5 Å². The van der Waals surface area contributed by atoms with Crippen molar-refractivity contribution >= 4 is 116 Å². The Balaban J connectivity index is 0.0000000987. The molecule has 0 aliphatic heterocycles. The van der Waals surface area contributed by atoms with Crippen LogP contribution in [0.4, 0.5) is 0 Å². The summed E-state index contributed by atoms with van der Waals surface area (Å²) in [4.78, 5) is 4.62. The maximum Gasteiger partial charge on any atom is 0.215 e. The van der Waals surface area contributed by atoms with Gasteiger partial charge in [-0.15, -0.1) is 0 Å². The Hall–Kier alpha value is -11.8. The Morgan fingerprint density at radius 3 is 1.54 bits per heavy atom. The number of fused-ring (bicyclic) bond motifs is 18. The van der Waals surface area contributed by atoms with Crippen LogP contribution in [0.5, 0.6) is 0 Å². The molecule has 8 aromatic carbocycles. The molecule has 101 heavy (non-hydrogen) atoms. The molecule has 0 radical (unpaired) electrons. The van der Waals surface area contributed by atoms with Crippen LogP contribution in [-0.2, 0) is 49.3 Å². The van der Waals surface area contributed by atoms with Crippen molar-refractivity contribution in [2.75, 3.05) is 0 Å². The van der Waals surface area contributed by atoms with Crippen LogP contribution in [0.2, 0.25) is 0 Å². The van der Waals surface area contributed by atoms with Gasteiger partial charge in [0.05, 0.1) is 55.3 Å². The van der Waals surface area contributed by atoms with Gasteiger partial charge >= 0.3 is 0 Å². The van der Waals surface area contributed by atoms with Gasteiger partial charge in [-0.1, -0.05) is 170 Å². The molecular weight excluding hydrogens is 1240 g/mol. The van der Waals surface area contributed by atoms with E-state index in [1.54, 1.807) is 0 Å². The second-order valence-electron chi connectivity index (χ2n) is 27.1. The van der Waals surface area contributed by atoms with Gasteiger partial charge in [-0.25, -0.2) is 4.98 Å². The zero-order valence-electron chi connectivity index (χ0n) is 61.0. The second-order valence-corrected chi connectivity index (χ2v) is 27.1. The van der Waals surface area contributed by atoms with Crippen molar-refractivity contribution < 1.29 is 8.83 Å². The van der Waals surface area contributed by atoms with E-state index < -0.39 is 0 Å². The molecule has 0 N–H and O–H groups in total. The van der Waals surface area contributed by atoms with Crippen LogP contribution in [0.1, 0.15) is 56.8 Å². The van der Waals surface area contributed by atoms with E-state index in [1.165, 1.54) is 155 Å². The lowest BCUT2D eigenvalue weighted by Gasteiger charge is -2.06. The first-order chi connectivity index (χ1) is 48.8. The first-order valence-corrected chi connectivity index (χ1v) is 34.7. The fraction of sp³-hybridized carbons (Fsp3) is 0.193. The number of aryl methyl sites for hydroxylation is 11. The van der Waals surface area contributed by atoms with Crippen molar-refractivity contribution in [1.82, 2.24) is 50.2 Å². The summed E-state index contributed by atoms with van der Waals surface area (Å²) in [5, 5.41) is 10.1. The molecule has 0 fully saturated rings. The molecule has 0 spiro atoms. The van der Waals surface area contributed by atoms with Crippen molar-refractivity contribution in [2.45, 2.75) is 69.2 Å². The molecule has 0 unspecified atom stereocenters. The fourth-order valence-corrected chi connectivity index (χ4v) is 15.4. The van der Waals surface area contributed by atoms with Crippen molar-refractivity contribution in [3.8, 4) is 22.4 Å². The van der Waals surface area contributed by atoms with Gasteiger partial charge in [0.1, 0.15) is 22.5 Å². The molecule has 0 amide bonds. The average Bonchev–Trinajstić information content (AvgIpc) is 2.49. The second kappa shape index (κ2) is 25.5. The van der Waals surface area contributed by atoms with Gasteiger partial charge in [0.25, 0.3) is 0 Å². The highest BCUT2D eigenvalue weighted by atomic mass is 16.3. The van der Waals surface area contributed by atoms with Crippen molar-refractivity contribution in [1.29, 1.82) is 0 Å². The van der Waals surface area contributed by atoms with Crippen LogP contribution in [0.25, 0.3) is 138 Å². The van der Waals surface area contributed by atoms with Gasteiger partial charge < -0.3 is 45.2 Å². The summed E-state index contributed by atoms with van der Waals surface area (Å²) in [5.41, 5.74) is 31.9. The fourth-order valence-electron chi connectivity index (χ4n) is 15.4. The Bertz CT molecular complexity index is 6100. The highest BCUT2D eigenvalue weighted by Crippen LogP contribution is 2.42. The Morgan fingerprint density at radius 1 is 0.337 bits per heavy atom. The number of nitrogens with zero attached hydrogens (tertiary/aromatic N) is 11. The summed E-state index contributed by atoms with van der Waals surface area (Å²) in [6.07, 6.45) is 2.22. The minimum absolute atomic E-state index is 0.947. The molecule has 12 aromatic heterocycles. The lowest BCUT2D eigenvalue weighted by atomic mass is 10.0. The third-order valence-electron chi connectivity index (χ3n) is 21.9. The van der Waals surface area contributed by atoms with Gasteiger partial charge in [0.2, 0.25) is 11.5 Å². The van der Waals surface area contributed by atoms with E-state index in [1.807, 2.05) is 42.5 Å². The maximum atomic E-state index is 6.05. The lowest BCUT2D eigenvalue weighted by molar-refractivity contribution is 0.626. The van der Waals surface area contributed by atoms with E-state index >= 15 is 0 Å². The summed E-state index contributed by atoms with van der Waals surface area (Å²) in [6, 6.07) is 73.6. The molecule has 20 rings (SSSR count). The van der Waals surface area contributed by atoms with Gasteiger partial charge in [0, 0.05) is 139 Å². The molecule has 0 saturated heterocycles. The smallest absolute Gasteiger partial charge is 0.215 e. The predicted molar refractivity (Wildman–Crippen MR) is 422 cm³/mol. The van der Waals surface area contributed by atoms with Gasteiger partial charge in [-0.2, -0.15) is 0 Å².